The normalized spacial score (nSPS) is 8.52. The number of pyridine rings is 3. The van der Waals surface area contributed by atoms with Gasteiger partial charge in [0.1, 0.15) is 0 Å². The summed E-state index contributed by atoms with van der Waals surface area (Å²) in [6.45, 7) is 2.03. The van der Waals surface area contributed by atoms with Crippen molar-refractivity contribution in [2.45, 2.75) is 6.92 Å². The molecule has 0 radical (unpaired) electrons. The molecule has 0 atom stereocenters. The van der Waals surface area contributed by atoms with Gasteiger partial charge in [0.15, 0.2) is 0 Å². The van der Waals surface area contributed by atoms with E-state index in [4.69, 9.17) is 18.6 Å². The van der Waals surface area contributed by atoms with Gasteiger partial charge < -0.3 is 0 Å². The van der Waals surface area contributed by atoms with E-state index in [-0.39, 0.29) is 0 Å². The second kappa shape index (κ2) is 17.8. The smallest absolute Gasteiger partial charge is 0.0267 e. The predicted octanol–water partition coefficient (Wildman–Crippen LogP) is 6.98. The molecule has 1 aromatic carbocycles. The van der Waals surface area contributed by atoms with Crippen LogP contribution in [0.5, 0.6) is 0 Å². The molecule has 4 nitrogen and oxygen atoms in total. The number of aromatic nitrogens is 3. The fraction of sp³-hybridized carbons (Fsp3) is 0.0455. The topological polar surface area (TPSA) is 51.0 Å². The number of nitrogens with zero attached hydrogens (tertiary/aromatic N) is 4. The molecule has 0 aliphatic rings. The van der Waals surface area contributed by atoms with E-state index in [1.54, 1.807) is 37.2 Å². The number of rotatable bonds is 1. The Balaban J connectivity index is 0.000000202. The first-order chi connectivity index (χ1) is 14.2. The Bertz CT molecular complexity index is 720. The maximum absolute atomic E-state index is 5.62. The van der Waals surface area contributed by atoms with Gasteiger partial charge in [0.2, 0.25) is 0 Å². The van der Waals surface area contributed by atoms with Crippen molar-refractivity contribution < 1.29 is 15.6 Å². The Hall–Kier alpha value is -2.24. The molecule has 29 heavy (non-hydrogen) atoms. The molecule has 7 heteroatoms. The number of benzene rings is 1. The van der Waals surface area contributed by atoms with Crippen LogP contribution in [-0.2, 0) is 15.6 Å². The molecule has 4 rings (SSSR count). The third-order valence-corrected chi connectivity index (χ3v) is 4.31. The summed E-state index contributed by atoms with van der Waals surface area (Å²) >= 11 is -2.08. The summed E-state index contributed by atoms with van der Waals surface area (Å²) < 4.78 is 4.10. The van der Waals surface area contributed by atoms with Gasteiger partial charge in [-0.15, -0.1) is 0 Å². The SMILES string of the molecule is Cc1ccc([N]=[Ti]([Cl])[Cl])cc1.c1ccncc1.c1ccncc1.c1ccncc1. The van der Waals surface area contributed by atoms with Crippen molar-refractivity contribution in [2.75, 3.05) is 0 Å². The zero-order chi connectivity index (χ0) is 21.0. The van der Waals surface area contributed by atoms with Gasteiger partial charge in [0.05, 0.1) is 0 Å². The van der Waals surface area contributed by atoms with Crippen LogP contribution in [0.15, 0.2) is 119 Å². The van der Waals surface area contributed by atoms with Gasteiger partial charge in [-0.25, -0.2) is 0 Å². The Morgan fingerprint density at radius 3 is 1.14 bits per heavy atom. The van der Waals surface area contributed by atoms with E-state index in [1.165, 1.54) is 5.56 Å². The molecule has 0 aliphatic carbocycles. The summed E-state index contributed by atoms with van der Waals surface area (Å²) in [5.74, 6) is 0. The van der Waals surface area contributed by atoms with Gasteiger partial charge in [0.25, 0.3) is 0 Å². The van der Waals surface area contributed by atoms with Crippen LogP contribution in [0.3, 0.4) is 0 Å². The fourth-order valence-electron chi connectivity index (χ4n) is 1.65. The van der Waals surface area contributed by atoms with Crippen molar-refractivity contribution in [2.24, 2.45) is 3.42 Å². The molecule has 148 valence electrons. The van der Waals surface area contributed by atoms with E-state index in [9.17, 15) is 0 Å². The number of halogens is 2. The first-order valence-electron chi connectivity index (χ1n) is 8.70. The molecule has 0 saturated carbocycles. The molecule has 3 aromatic heterocycles. The number of hydrogen-bond acceptors (Lipinski definition) is 4. The van der Waals surface area contributed by atoms with Gasteiger partial charge in [-0.3, -0.25) is 15.0 Å². The fourth-order valence-corrected chi connectivity index (χ4v) is 3.00. The van der Waals surface area contributed by atoms with E-state index in [1.807, 2.05) is 85.8 Å². The zero-order valence-electron chi connectivity index (χ0n) is 16.0. The van der Waals surface area contributed by atoms with Crippen molar-refractivity contribution in [1.29, 1.82) is 0 Å². The van der Waals surface area contributed by atoms with E-state index in [2.05, 4.69) is 18.4 Å². The molecule has 0 saturated heterocycles. The Kier molecular flexibility index (Phi) is 15.3. The van der Waals surface area contributed by atoms with E-state index >= 15 is 0 Å². The summed E-state index contributed by atoms with van der Waals surface area (Å²) in [4.78, 5) is 11.4. The number of hydrogen-bond donors (Lipinski definition) is 0. The van der Waals surface area contributed by atoms with Crippen LogP contribution in [0.1, 0.15) is 5.56 Å². The molecule has 0 amide bonds. The molecular formula is C22H22Cl2N4Ti. The van der Waals surface area contributed by atoms with Crippen LogP contribution < -0.4 is 0 Å². The monoisotopic (exact) mass is 460 g/mol. The molecule has 0 bridgehead atoms. The first-order valence-corrected chi connectivity index (χ1v) is 13.7. The third-order valence-electron chi connectivity index (χ3n) is 2.95. The second-order valence-corrected chi connectivity index (χ2v) is 10.1. The van der Waals surface area contributed by atoms with E-state index < -0.39 is 15.6 Å². The third kappa shape index (κ3) is 16.4. The summed E-state index contributed by atoms with van der Waals surface area (Å²) in [5, 5.41) is 0. The minimum Gasteiger partial charge on any atom is -0.265 e. The van der Waals surface area contributed by atoms with Crippen LogP contribution in [0.4, 0.5) is 5.69 Å². The quantitative estimate of drug-likeness (QED) is 0.288. The minimum atomic E-state index is -2.08. The molecule has 0 fully saturated rings. The Labute approximate surface area is 186 Å². The van der Waals surface area contributed by atoms with Gasteiger partial charge >= 0.3 is 80.0 Å². The van der Waals surface area contributed by atoms with Crippen molar-refractivity contribution in [3.63, 3.8) is 0 Å². The van der Waals surface area contributed by atoms with Crippen LogP contribution in [0.2, 0.25) is 0 Å². The van der Waals surface area contributed by atoms with Gasteiger partial charge in [-0.1, -0.05) is 18.2 Å². The zero-order valence-corrected chi connectivity index (χ0v) is 19.1. The predicted molar refractivity (Wildman–Crippen MR) is 118 cm³/mol. The summed E-state index contributed by atoms with van der Waals surface area (Å²) in [7, 11) is 11.2. The van der Waals surface area contributed by atoms with Crippen LogP contribution >= 0.6 is 18.6 Å². The van der Waals surface area contributed by atoms with Crippen LogP contribution in [-0.4, -0.2) is 15.0 Å². The molecule has 3 heterocycles. The molecular weight excluding hydrogens is 439 g/mol. The van der Waals surface area contributed by atoms with Crippen molar-refractivity contribution in [1.82, 2.24) is 15.0 Å². The van der Waals surface area contributed by atoms with E-state index in [0.29, 0.717) is 0 Å². The average Bonchev–Trinajstić information content (AvgIpc) is 2.80. The first kappa shape index (κ1) is 24.8. The van der Waals surface area contributed by atoms with Crippen molar-refractivity contribution >= 4 is 24.3 Å². The molecule has 0 spiro atoms. The second-order valence-electron chi connectivity index (χ2n) is 5.26. The average molecular weight is 461 g/mol. The number of aryl methyl sites for hydroxylation is 1. The standard InChI is InChI=1S/C7H7N.3C5H5N.2ClH.Ti/c1-6-2-4-7(8)5-3-6;3*1-2-4-6-5-3-1;;;/h2-5H,1H3;3*1-5H;2*1H;/q;;;;;;+2/p-2. The van der Waals surface area contributed by atoms with Gasteiger partial charge in [-0.2, -0.15) is 0 Å². The Morgan fingerprint density at radius 1 is 0.586 bits per heavy atom. The Morgan fingerprint density at radius 2 is 0.931 bits per heavy atom. The van der Waals surface area contributed by atoms with Crippen molar-refractivity contribution in [3.05, 3.63) is 122 Å². The van der Waals surface area contributed by atoms with Gasteiger partial charge in [0, 0.05) is 37.2 Å². The van der Waals surface area contributed by atoms with Crippen LogP contribution in [0, 0.1) is 6.92 Å². The van der Waals surface area contributed by atoms with Gasteiger partial charge in [-0.05, 0) is 36.4 Å². The molecule has 0 aliphatic heterocycles. The van der Waals surface area contributed by atoms with Crippen molar-refractivity contribution in [3.8, 4) is 0 Å². The largest absolute Gasteiger partial charge is 0.265 e. The van der Waals surface area contributed by atoms with Crippen LogP contribution in [0.25, 0.3) is 0 Å². The maximum Gasteiger partial charge on any atom is 0.0267 e. The molecule has 0 unspecified atom stereocenters. The molecule has 0 N–H and O–H groups in total. The van der Waals surface area contributed by atoms with E-state index in [0.717, 1.165) is 5.69 Å². The minimum absolute atomic E-state index is 0.885. The molecule has 4 aromatic rings. The maximum atomic E-state index is 5.62. The summed E-state index contributed by atoms with van der Waals surface area (Å²) in [5.41, 5.74) is 2.10. The summed E-state index contributed by atoms with van der Waals surface area (Å²) in [6.07, 6.45) is 10.5. The summed E-state index contributed by atoms with van der Waals surface area (Å²) in [6, 6.07) is 25.0.